The highest BCUT2D eigenvalue weighted by Crippen LogP contribution is 2.11. The number of ether oxygens (including phenoxy) is 1. The molecule has 0 aliphatic carbocycles. The summed E-state index contributed by atoms with van der Waals surface area (Å²) in [6.07, 6.45) is 3.40. The molecule has 0 radical (unpaired) electrons. The molecule has 2 aromatic rings. The zero-order valence-electron chi connectivity index (χ0n) is 17.2. The number of rotatable bonds is 9. The molecule has 0 bridgehead atoms. The first-order valence-corrected chi connectivity index (χ1v) is 9.33. The van der Waals surface area contributed by atoms with Crippen LogP contribution in [0.2, 0.25) is 0 Å². The first kappa shape index (κ1) is 24.7. The third-order valence-corrected chi connectivity index (χ3v) is 4.14. The lowest BCUT2D eigenvalue weighted by atomic mass is 10.1. The minimum Gasteiger partial charge on any atom is -0.497 e. The van der Waals surface area contributed by atoms with E-state index in [9.17, 15) is 4.79 Å². The highest BCUT2D eigenvalue weighted by atomic mass is 127. The van der Waals surface area contributed by atoms with Crippen LogP contribution >= 0.6 is 24.0 Å². The fourth-order valence-corrected chi connectivity index (χ4v) is 2.43. The molecule has 0 saturated heterocycles. The van der Waals surface area contributed by atoms with E-state index in [4.69, 9.17) is 4.74 Å². The number of hydrogen-bond donors (Lipinski definition) is 2. The van der Waals surface area contributed by atoms with Gasteiger partial charge in [-0.2, -0.15) is 0 Å². The maximum atomic E-state index is 11.8. The van der Waals surface area contributed by atoms with Crippen LogP contribution in [0.5, 0.6) is 5.75 Å². The summed E-state index contributed by atoms with van der Waals surface area (Å²) in [5.41, 5.74) is 2.21. The number of nitrogens with one attached hydrogen (secondary N) is 2. The van der Waals surface area contributed by atoms with E-state index in [1.165, 1.54) is 10.5 Å². The average molecular weight is 511 g/mol. The van der Waals surface area contributed by atoms with Gasteiger partial charge in [0.05, 0.1) is 7.11 Å². The smallest absolute Gasteiger partial charge is 0.243 e. The van der Waals surface area contributed by atoms with Gasteiger partial charge in [-0.3, -0.25) is 9.78 Å². The number of likely N-dealkylation sites (N-methyl/N-ethyl adjacent to an activating group) is 1. The Balaban J connectivity index is 0.00000420. The number of benzene rings is 1. The molecule has 1 heterocycles. The lowest BCUT2D eigenvalue weighted by molar-refractivity contribution is -0.127. The Morgan fingerprint density at radius 2 is 1.76 bits per heavy atom. The molecule has 1 amide bonds. The Kier molecular flexibility index (Phi) is 11.7. The third-order valence-electron chi connectivity index (χ3n) is 4.14. The van der Waals surface area contributed by atoms with Gasteiger partial charge < -0.3 is 20.3 Å². The highest BCUT2D eigenvalue weighted by molar-refractivity contribution is 14.0. The number of carbonyl (C=O) groups excluding carboxylic acids is 1. The number of guanidine groups is 1. The van der Waals surface area contributed by atoms with Gasteiger partial charge in [0.1, 0.15) is 12.3 Å². The second-order valence-corrected chi connectivity index (χ2v) is 6.48. The van der Waals surface area contributed by atoms with E-state index < -0.39 is 0 Å². The summed E-state index contributed by atoms with van der Waals surface area (Å²) >= 11 is 0. The van der Waals surface area contributed by atoms with Crippen LogP contribution in [0.25, 0.3) is 0 Å². The normalized spacial score (nSPS) is 10.7. The van der Waals surface area contributed by atoms with Crippen molar-refractivity contribution in [3.05, 3.63) is 59.9 Å². The van der Waals surface area contributed by atoms with Gasteiger partial charge >= 0.3 is 0 Å². The molecule has 0 aliphatic heterocycles. The molecule has 8 heteroatoms. The van der Waals surface area contributed by atoms with Crippen molar-refractivity contribution in [2.75, 3.05) is 40.8 Å². The van der Waals surface area contributed by atoms with Crippen molar-refractivity contribution >= 4 is 35.8 Å². The number of nitrogens with zero attached hydrogens (tertiary/aromatic N) is 3. The standard InChI is InChI=1S/C21H29N5O2.HI/c1-26(2)20(27)16-25-21(24-15-12-18-6-4-5-13-22-18)23-14-11-17-7-9-19(28-3)10-8-17;/h4-10,13H,11-12,14-16H2,1-3H3,(H2,23,24,25);1H. The number of amides is 1. The van der Waals surface area contributed by atoms with E-state index >= 15 is 0 Å². The number of aliphatic imine (C=N–C) groups is 1. The van der Waals surface area contributed by atoms with E-state index in [-0.39, 0.29) is 36.4 Å². The maximum absolute atomic E-state index is 11.8. The molecule has 29 heavy (non-hydrogen) atoms. The van der Waals surface area contributed by atoms with Crippen LogP contribution in [0.4, 0.5) is 0 Å². The maximum Gasteiger partial charge on any atom is 0.243 e. The van der Waals surface area contributed by atoms with Crippen molar-refractivity contribution in [3.8, 4) is 5.75 Å². The number of halogens is 1. The summed E-state index contributed by atoms with van der Waals surface area (Å²) < 4.78 is 5.18. The zero-order valence-corrected chi connectivity index (χ0v) is 19.6. The molecule has 0 spiro atoms. The van der Waals surface area contributed by atoms with Crippen LogP contribution in [0.1, 0.15) is 11.3 Å². The number of aromatic nitrogens is 1. The van der Waals surface area contributed by atoms with Crippen molar-refractivity contribution in [1.82, 2.24) is 20.5 Å². The SMILES string of the molecule is COc1ccc(CCNC(=NCC(=O)N(C)C)NCCc2ccccn2)cc1.I. The molecule has 158 valence electrons. The lowest BCUT2D eigenvalue weighted by Gasteiger charge is -2.14. The summed E-state index contributed by atoms with van der Waals surface area (Å²) in [4.78, 5) is 22.1. The van der Waals surface area contributed by atoms with Crippen LogP contribution in [0.3, 0.4) is 0 Å². The average Bonchev–Trinajstić information content (AvgIpc) is 2.72. The summed E-state index contributed by atoms with van der Waals surface area (Å²) in [6, 6.07) is 13.8. The summed E-state index contributed by atoms with van der Waals surface area (Å²) in [7, 11) is 5.11. The van der Waals surface area contributed by atoms with Crippen molar-refractivity contribution in [2.45, 2.75) is 12.8 Å². The van der Waals surface area contributed by atoms with Crippen LogP contribution < -0.4 is 15.4 Å². The molecule has 0 unspecified atom stereocenters. The minimum atomic E-state index is -0.0408. The van der Waals surface area contributed by atoms with Crippen LogP contribution in [0, 0.1) is 0 Å². The number of methoxy groups -OCH3 is 1. The minimum absolute atomic E-state index is 0. The summed E-state index contributed by atoms with van der Waals surface area (Å²) in [5, 5.41) is 6.57. The van der Waals surface area contributed by atoms with Crippen molar-refractivity contribution in [1.29, 1.82) is 0 Å². The second kappa shape index (κ2) is 13.8. The highest BCUT2D eigenvalue weighted by Gasteiger charge is 2.05. The molecule has 2 N–H and O–H groups in total. The quantitative estimate of drug-likeness (QED) is 0.307. The van der Waals surface area contributed by atoms with E-state index in [1.54, 1.807) is 27.4 Å². The number of pyridine rings is 1. The molecule has 1 aromatic carbocycles. The summed E-state index contributed by atoms with van der Waals surface area (Å²) in [5.74, 6) is 1.43. The van der Waals surface area contributed by atoms with Crippen molar-refractivity contribution in [2.24, 2.45) is 4.99 Å². The molecule has 7 nitrogen and oxygen atoms in total. The molecule has 0 saturated carbocycles. The summed E-state index contributed by atoms with van der Waals surface area (Å²) in [6.45, 7) is 1.49. The second-order valence-electron chi connectivity index (χ2n) is 6.48. The predicted molar refractivity (Wildman–Crippen MR) is 127 cm³/mol. The molecule has 2 rings (SSSR count). The monoisotopic (exact) mass is 511 g/mol. The first-order chi connectivity index (χ1) is 13.6. The van der Waals surface area contributed by atoms with Gasteiger partial charge in [-0.25, -0.2) is 4.99 Å². The molecule has 0 aliphatic rings. The fourth-order valence-electron chi connectivity index (χ4n) is 2.43. The van der Waals surface area contributed by atoms with Gasteiger partial charge in [0.25, 0.3) is 0 Å². The van der Waals surface area contributed by atoms with Gasteiger partial charge in [0, 0.05) is 45.5 Å². The lowest BCUT2D eigenvalue weighted by Crippen LogP contribution is -2.40. The van der Waals surface area contributed by atoms with Gasteiger partial charge in [-0.1, -0.05) is 18.2 Å². The Morgan fingerprint density at radius 1 is 1.07 bits per heavy atom. The van der Waals surface area contributed by atoms with E-state index in [0.717, 1.165) is 24.3 Å². The van der Waals surface area contributed by atoms with Gasteiger partial charge in [0.2, 0.25) is 5.91 Å². The Hall–Kier alpha value is -2.36. The van der Waals surface area contributed by atoms with Crippen molar-refractivity contribution < 1.29 is 9.53 Å². The predicted octanol–water partition coefficient (Wildman–Crippen LogP) is 2.12. The van der Waals surface area contributed by atoms with Crippen LogP contribution in [0.15, 0.2) is 53.7 Å². The number of hydrogen-bond acceptors (Lipinski definition) is 4. The zero-order chi connectivity index (χ0) is 20.2. The van der Waals surface area contributed by atoms with Crippen molar-refractivity contribution in [3.63, 3.8) is 0 Å². The van der Waals surface area contributed by atoms with E-state index in [0.29, 0.717) is 19.0 Å². The topological polar surface area (TPSA) is 78.8 Å². The Labute approximate surface area is 190 Å². The molecule has 1 aromatic heterocycles. The first-order valence-electron chi connectivity index (χ1n) is 9.33. The molecular weight excluding hydrogens is 481 g/mol. The van der Waals surface area contributed by atoms with Crippen LogP contribution in [-0.2, 0) is 17.6 Å². The van der Waals surface area contributed by atoms with Gasteiger partial charge in [0.15, 0.2) is 5.96 Å². The molecular formula is C21H30IN5O2. The van der Waals surface area contributed by atoms with E-state index in [1.807, 2.05) is 42.5 Å². The number of carbonyl (C=O) groups is 1. The third kappa shape index (κ3) is 9.60. The fraction of sp³-hybridized carbons (Fsp3) is 0.381. The largest absolute Gasteiger partial charge is 0.497 e. The Morgan fingerprint density at radius 3 is 2.34 bits per heavy atom. The molecule has 0 atom stereocenters. The van der Waals surface area contributed by atoms with Gasteiger partial charge in [-0.05, 0) is 36.2 Å². The molecule has 0 fully saturated rings. The Bertz CT molecular complexity index is 751. The van der Waals surface area contributed by atoms with Gasteiger partial charge in [-0.15, -0.1) is 24.0 Å². The van der Waals surface area contributed by atoms with E-state index in [2.05, 4.69) is 20.6 Å². The van der Waals surface area contributed by atoms with Crippen LogP contribution in [-0.4, -0.2) is 62.6 Å².